The number of hydrogen-bond donors (Lipinski definition) is 0. The van der Waals surface area contributed by atoms with Crippen molar-refractivity contribution in [1.29, 1.82) is 0 Å². The molecule has 3 aliphatic rings. The number of carbonyl (C=O) groups excluding carboxylic acids is 1. The highest BCUT2D eigenvalue weighted by molar-refractivity contribution is 5.83. The Labute approximate surface area is 133 Å². The third-order valence-electron chi connectivity index (χ3n) is 5.27. The van der Waals surface area contributed by atoms with Crippen LogP contribution in [-0.4, -0.2) is 36.0 Å². The summed E-state index contributed by atoms with van der Waals surface area (Å²) in [6, 6.07) is 0. The Bertz CT molecular complexity index is 433. The fraction of sp³-hybridized carbons (Fsp3) is 0.833. The van der Waals surface area contributed by atoms with Crippen LogP contribution in [0.15, 0.2) is 12.2 Å². The first-order chi connectivity index (χ1) is 10.6. The fourth-order valence-corrected chi connectivity index (χ4v) is 3.93. The van der Waals surface area contributed by atoms with Crippen LogP contribution < -0.4 is 0 Å². The molecule has 3 heterocycles. The maximum absolute atomic E-state index is 11.5. The standard InChI is InChI=1S/C18H28O4/c1-3-4-5-7-13-8-6-11-18(2)16(20-13)12-15-14(22-18)9-10-17(19)21-15/h9-10,13-16H,3-8,11-12H2,1-2H3/t13-,14+,15-,16+,18-/m1/s1. The minimum atomic E-state index is -0.262. The van der Waals surface area contributed by atoms with Crippen molar-refractivity contribution < 1.29 is 19.0 Å². The number of unbranched alkanes of at least 4 members (excludes halogenated alkanes) is 2. The summed E-state index contributed by atoms with van der Waals surface area (Å²) in [6.07, 6.45) is 12.3. The summed E-state index contributed by atoms with van der Waals surface area (Å²) in [5.41, 5.74) is -0.255. The van der Waals surface area contributed by atoms with Crippen LogP contribution in [0.1, 0.15) is 65.2 Å². The molecule has 0 aromatic heterocycles. The Balaban J connectivity index is 1.67. The second-order valence-corrected chi connectivity index (χ2v) is 7.10. The maximum atomic E-state index is 11.5. The van der Waals surface area contributed by atoms with E-state index in [4.69, 9.17) is 14.2 Å². The lowest BCUT2D eigenvalue weighted by atomic mass is 9.84. The number of ether oxygens (including phenoxy) is 3. The van der Waals surface area contributed by atoms with E-state index in [0.29, 0.717) is 6.10 Å². The number of rotatable bonds is 4. The first kappa shape index (κ1) is 16.0. The van der Waals surface area contributed by atoms with Gasteiger partial charge in [-0.3, -0.25) is 0 Å². The number of fused-ring (bicyclic) bond motifs is 2. The molecule has 0 saturated carbocycles. The van der Waals surface area contributed by atoms with E-state index < -0.39 is 0 Å². The van der Waals surface area contributed by atoms with Crippen LogP contribution in [0.2, 0.25) is 0 Å². The van der Waals surface area contributed by atoms with Gasteiger partial charge in [-0.25, -0.2) is 4.79 Å². The van der Waals surface area contributed by atoms with Gasteiger partial charge in [-0.2, -0.15) is 0 Å². The van der Waals surface area contributed by atoms with E-state index in [-0.39, 0.29) is 29.9 Å². The number of hydrogen-bond acceptors (Lipinski definition) is 4. The molecule has 0 aromatic rings. The monoisotopic (exact) mass is 308 g/mol. The summed E-state index contributed by atoms with van der Waals surface area (Å²) >= 11 is 0. The van der Waals surface area contributed by atoms with E-state index >= 15 is 0 Å². The SMILES string of the molecule is CCCCC[C@@H]1CCC[C@@]2(C)O[C@H]3C=CC(=O)O[C@@H]3C[C@@H]2O1. The van der Waals surface area contributed by atoms with Gasteiger partial charge in [-0.15, -0.1) is 0 Å². The van der Waals surface area contributed by atoms with Gasteiger partial charge in [-0.1, -0.05) is 26.2 Å². The molecule has 2 saturated heterocycles. The highest BCUT2D eigenvalue weighted by Crippen LogP contribution is 2.41. The van der Waals surface area contributed by atoms with Crippen LogP contribution >= 0.6 is 0 Å². The molecule has 3 aliphatic heterocycles. The van der Waals surface area contributed by atoms with Crippen molar-refractivity contribution in [3.63, 3.8) is 0 Å². The van der Waals surface area contributed by atoms with E-state index in [9.17, 15) is 4.79 Å². The lowest BCUT2D eigenvalue weighted by molar-refractivity contribution is -0.233. The van der Waals surface area contributed by atoms with Gasteiger partial charge < -0.3 is 14.2 Å². The fourth-order valence-electron chi connectivity index (χ4n) is 3.93. The Kier molecular flexibility index (Phi) is 4.88. The molecule has 0 radical (unpaired) electrons. The first-order valence-corrected chi connectivity index (χ1v) is 8.83. The molecule has 22 heavy (non-hydrogen) atoms. The van der Waals surface area contributed by atoms with E-state index in [1.165, 1.54) is 25.3 Å². The molecule has 0 aromatic carbocycles. The zero-order valence-corrected chi connectivity index (χ0v) is 13.8. The Morgan fingerprint density at radius 3 is 3.05 bits per heavy atom. The minimum absolute atomic E-state index is 0.0298. The van der Waals surface area contributed by atoms with E-state index in [1.54, 1.807) is 0 Å². The van der Waals surface area contributed by atoms with Crippen molar-refractivity contribution in [2.24, 2.45) is 0 Å². The van der Waals surface area contributed by atoms with Crippen molar-refractivity contribution in [1.82, 2.24) is 0 Å². The highest BCUT2D eigenvalue weighted by atomic mass is 16.6. The average Bonchev–Trinajstić information content (AvgIpc) is 2.63. The van der Waals surface area contributed by atoms with Crippen molar-refractivity contribution in [3.05, 3.63) is 12.2 Å². The van der Waals surface area contributed by atoms with E-state index in [0.717, 1.165) is 32.1 Å². The van der Waals surface area contributed by atoms with Crippen LogP contribution in [0.3, 0.4) is 0 Å². The lowest BCUT2D eigenvalue weighted by Crippen LogP contribution is -2.56. The third-order valence-corrected chi connectivity index (χ3v) is 5.27. The third kappa shape index (κ3) is 3.38. The summed E-state index contributed by atoms with van der Waals surface area (Å²) in [4.78, 5) is 11.5. The van der Waals surface area contributed by atoms with Crippen LogP contribution in [0.25, 0.3) is 0 Å². The van der Waals surface area contributed by atoms with Gasteiger partial charge in [0.2, 0.25) is 0 Å². The minimum Gasteiger partial charge on any atom is -0.456 e. The summed E-state index contributed by atoms with van der Waals surface area (Å²) < 4.78 is 18.1. The second-order valence-electron chi connectivity index (χ2n) is 7.10. The molecule has 5 atom stereocenters. The molecule has 4 heteroatoms. The maximum Gasteiger partial charge on any atom is 0.330 e. The van der Waals surface area contributed by atoms with Gasteiger partial charge in [0.25, 0.3) is 0 Å². The predicted molar refractivity (Wildman–Crippen MR) is 83.6 cm³/mol. The van der Waals surface area contributed by atoms with Crippen LogP contribution in [0.5, 0.6) is 0 Å². The molecule has 0 spiro atoms. The Morgan fingerprint density at radius 2 is 2.23 bits per heavy atom. The topological polar surface area (TPSA) is 44.8 Å². The molecule has 0 N–H and O–H groups in total. The quantitative estimate of drug-likeness (QED) is 0.588. The van der Waals surface area contributed by atoms with Gasteiger partial charge in [0.15, 0.2) is 0 Å². The van der Waals surface area contributed by atoms with Crippen LogP contribution in [-0.2, 0) is 19.0 Å². The number of carbonyl (C=O) groups is 1. The Morgan fingerprint density at radius 1 is 1.36 bits per heavy atom. The van der Waals surface area contributed by atoms with E-state index in [1.807, 2.05) is 6.08 Å². The smallest absolute Gasteiger partial charge is 0.330 e. The molecular formula is C18H28O4. The normalized spacial score (nSPS) is 41.3. The predicted octanol–water partition coefficient (Wildman–Crippen LogP) is 3.53. The molecule has 2 fully saturated rings. The largest absolute Gasteiger partial charge is 0.456 e. The molecule has 0 amide bonds. The van der Waals surface area contributed by atoms with Gasteiger partial charge in [0, 0.05) is 12.5 Å². The van der Waals surface area contributed by atoms with Crippen molar-refractivity contribution in [2.45, 2.75) is 95.2 Å². The molecule has 124 valence electrons. The zero-order valence-electron chi connectivity index (χ0n) is 13.8. The van der Waals surface area contributed by atoms with Gasteiger partial charge >= 0.3 is 5.97 Å². The average molecular weight is 308 g/mol. The molecule has 0 bridgehead atoms. The van der Waals surface area contributed by atoms with Crippen molar-refractivity contribution in [3.8, 4) is 0 Å². The summed E-state index contributed by atoms with van der Waals surface area (Å²) in [7, 11) is 0. The molecular weight excluding hydrogens is 280 g/mol. The van der Waals surface area contributed by atoms with Gasteiger partial charge in [0.05, 0.1) is 17.8 Å². The molecule has 3 rings (SSSR count). The highest BCUT2D eigenvalue weighted by Gasteiger charge is 2.49. The van der Waals surface area contributed by atoms with Crippen molar-refractivity contribution in [2.75, 3.05) is 0 Å². The van der Waals surface area contributed by atoms with Gasteiger partial charge in [-0.05, 0) is 38.7 Å². The lowest BCUT2D eigenvalue weighted by Gasteiger charge is -2.47. The first-order valence-electron chi connectivity index (χ1n) is 8.83. The zero-order chi connectivity index (χ0) is 15.6. The van der Waals surface area contributed by atoms with Gasteiger partial charge in [0.1, 0.15) is 12.2 Å². The summed E-state index contributed by atoms with van der Waals surface area (Å²) in [6.45, 7) is 4.39. The van der Waals surface area contributed by atoms with Crippen LogP contribution in [0.4, 0.5) is 0 Å². The molecule has 0 aliphatic carbocycles. The molecule has 4 nitrogen and oxygen atoms in total. The van der Waals surface area contributed by atoms with E-state index in [2.05, 4.69) is 13.8 Å². The van der Waals surface area contributed by atoms with Crippen LogP contribution in [0, 0.1) is 0 Å². The van der Waals surface area contributed by atoms with Crippen molar-refractivity contribution >= 4 is 5.97 Å². The summed E-state index contributed by atoms with van der Waals surface area (Å²) in [5.74, 6) is -0.262. The Hall–Kier alpha value is -0.870. The second kappa shape index (κ2) is 6.71. The number of esters is 1. The summed E-state index contributed by atoms with van der Waals surface area (Å²) in [5, 5.41) is 0. The molecule has 0 unspecified atom stereocenters.